The van der Waals surface area contributed by atoms with Gasteiger partial charge in [0.05, 0.1) is 6.04 Å². The highest BCUT2D eigenvalue weighted by molar-refractivity contribution is 7.99. The number of amides is 2. The zero-order chi connectivity index (χ0) is 13.8. The zero-order valence-electron chi connectivity index (χ0n) is 11.6. The number of thioether (sulfide) groups is 1. The molecule has 2 rings (SSSR count). The lowest BCUT2D eigenvalue weighted by Crippen LogP contribution is -2.51. The van der Waals surface area contributed by atoms with E-state index in [1.807, 2.05) is 18.7 Å². The molecule has 6 heteroatoms. The number of hydrogen-bond donors (Lipinski definition) is 2. The molecule has 2 fully saturated rings. The predicted molar refractivity (Wildman–Crippen MR) is 76.8 cm³/mol. The molecule has 0 radical (unpaired) electrons. The van der Waals surface area contributed by atoms with Crippen LogP contribution < -0.4 is 10.6 Å². The summed E-state index contributed by atoms with van der Waals surface area (Å²) in [5, 5.41) is 6.27. The fraction of sp³-hybridized carbons (Fsp3) is 0.846. The normalized spacial score (nSPS) is 24.8. The summed E-state index contributed by atoms with van der Waals surface area (Å²) in [6.07, 6.45) is 1.73. The van der Waals surface area contributed by atoms with E-state index in [0.717, 1.165) is 37.6 Å². The largest absolute Gasteiger partial charge is 0.352 e. The Kier molecular flexibility index (Phi) is 5.10. The summed E-state index contributed by atoms with van der Waals surface area (Å²) in [7, 11) is 0. The van der Waals surface area contributed by atoms with Crippen molar-refractivity contribution in [1.29, 1.82) is 0 Å². The average molecular weight is 285 g/mol. The minimum Gasteiger partial charge on any atom is -0.352 e. The average Bonchev–Trinajstić information content (AvgIpc) is 2.92. The van der Waals surface area contributed by atoms with E-state index >= 15 is 0 Å². The zero-order valence-corrected chi connectivity index (χ0v) is 12.5. The Bertz CT molecular complexity index is 335. The van der Waals surface area contributed by atoms with Gasteiger partial charge in [-0.15, -0.1) is 11.8 Å². The highest BCUT2D eigenvalue weighted by Gasteiger charge is 2.28. The molecule has 0 bridgehead atoms. The van der Waals surface area contributed by atoms with Crippen molar-refractivity contribution in [2.45, 2.75) is 38.8 Å². The molecule has 0 saturated carbocycles. The number of rotatable bonds is 3. The standard InChI is InChI=1S/C13H23N3O2S/c1-9(2)13(18)16-5-3-10(4-6-16)15-12(17)11-7-19-8-14-11/h9-11,14H,3-8H2,1-2H3,(H,15,17). The molecule has 19 heavy (non-hydrogen) atoms. The van der Waals surface area contributed by atoms with Crippen molar-refractivity contribution in [2.75, 3.05) is 24.7 Å². The maximum Gasteiger partial charge on any atom is 0.238 e. The van der Waals surface area contributed by atoms with Crippen LogP contribution in [0.4, 0.5) is 0 Å². The summed E-state index contributed by atoms with van der Waals surface area (Å²) in [5.41, 5.74) is 0. The van der Waals surface area contributed by atoms with Gasteiger partial charge in [0.1, 0.15) is 0 Å². The molecule has 0 aromatic carbocycles. The van der Waals surface area contributed by atoms with Gasteiger partial charge >= 0.3 is 0 Å². The van der Waals surface area contributed by atoms with E-state index in [0.29, 0.717) is 0 Å². The predicted octanol–water partition coefficient (Wildman–Crippen LogP) is 0.412. The third-order valence-electron chi connectivity index (χ3n) is 3.68. The Morgan fingerprint density at radius 1 is 1.32 bits per heavy atom. The first kappa shape index (κ1) is 14.7. The van der Waals surface area contributed by atoms with Crippen molar-refractivity contribution in [3.05, 3.63) is 0 Å². The van der Waals surface area contributed by atoms with Gasteiger partial charge in [0.15, 0.2) is 0 Å². The van der Waals surface area contributed by atoms with Gasteiger partial charge in [0, 0.05) is 36.7 Å². The summed E-state index contributed by atoms with van der Waals surface area (Å²) in [6.45, 7) is 5.38. The molecule has 2 heterocycles. The van der Waals surface area contributed by atoms with Crippen molar-refractivity contribution < 1.29 is 9.59 Å². The van der Waals surface area contributed by atoms with E-state index in [1.165, 1.54) is 0 Å². The molecule has 2 aliphatic heterocycles. The molecule has 1 atom stereocenters. The van der Waals surface area contributed by atoms with Crippen LogP contribution in [0.1, 0.15) is 26.7 Å². The lowest BCUT2D eigenvalue weighted by molar-refractivity contribution is -0.135. The van der Waals surface area contributed by atoms with Crippen LogP contribution in [-0.2, 0) is 9.59 Å². The number of hydrogen-bond acceptors (Lipinski definition) is 4. The number of likely N-dealkylation sites (tertiary alicyclic amines) is 1. The number of carbonyl (C=O) groups is 2. The Morgan fingerprint density at radius 2 is 2.00 bits per heavy atom. The van der Waals surface area contributed by atoms with Gasteiger partial charge in [0.25, 0.3) is 0 Å². The van der Waals surface area contributed by atoms with Gasteiger partial charge in [0.2, 0.25) is 11.8 Å². The molecule has 2 saturated heterocycles. The number of nitrogens with one attached hydrogen (secondary N) is 2. The second kappa shape index (κ2) is 6.61. The van der Waals surface area contributed by atoms with Crippen molar-refractivity contribution in [2.24, 2.45) is 5.92 Å². The highest BCUT2D eigenvalue weighted by atomic mass is 32.2. The van der Waals surface area contributed by atoms with Crippen LogP contribution in [0.25, 0.3) is 0 Å². The first-order valence-corrected chi connectivity index (χ1v) is 8.13. The molecule has 1 unspecified atom stereocenters. The fourth-order valence-electron chi connectivity index (χ4n) is 2.47. The molecule has 108 valence electrons. The van der Waals surface area contributed by atoms with Crippen LogP contribution in [0.2, 0.25) is 0 Å². The summed E-state index contributed by atoms with van der Waals surface area (Å²) < 4.78 is 0. The van der Waals surface area contributed by atoms with Gasteiger partial charge in [-0.2, -0.15) is 0 Å². The van der Waals surface area contributed by atoms with Crippen molar-refractivity contribution in [3.63, 3.8) is 0 Å². The Morgan fingerprint density at radius 3 is 2.53 bits per heavy atom. The van der Waals surface area contributed by atoms with Crippen molar-refractivity contribution >= 4 is 23.6 Å². The Balaban J connectivity index is 1.74. The number of carbonyl (C=O) groups excluding carboxylic acids is 2. The van der Waals surface area contributed by atoms with E-state index in [2.05, 4.69) is 10.6 Å². The minimum atomic E-state index is -0.0414. The SMILES string of the molecule is CC(C)C(=O)N1CCC(NC(=O)C2CSCN2)CC1. The second-order valence-corrected chi connectivity index (χ2v) is 6.56. The lowest BCUT2D eigenvalue weighted by atomic mass is 10.0. The molecule has 2 amide bonds. The third kappa shape index (κ3) is 3.86. The number of piperidine rings is 1. The van der Waals surface area contributed by atoms with E-state index in [4.69, 9.17) is 0 Å². The van der Waals surface area contributed by atoms with Crippen molar-refractivity contribution in [3.8, 4) is 0 Å². The maximum absolute atomic E-state index is 12.0. The summed E-state index contributed by atoms with van der Waals surface area (Å²) in [4.78, 5) is 25.7. The monoisotopic (exact) mass is 285 g/mol. The van der Waals surface area contributed by atoms with Crippen molar-refractivity contribution in [1.82, 2.24) is 15.5 Å². The van der Waals surface area contributed by atoms with Crippen LogP contribution in [0.3, 0.4) is 0 Å². The number of nitrogens with zero attached hydrogens (tertiary/aromatic N) is 1. The molecule has 0 aromatic heterocycles. The minimum absolute atomic E-state index is 0.0414. The van der Waals surface area contributed by atoms with Crippen LogP contribution in [0.5, 0.6) is 0 Å². The van der Waals surface area contributed by atoms with Crippen LogP contribution in [0, 0.1) is 5.92 Å². The van der Waals surface area contributed by atoms with Crippen LogP contribution in [0.15, 0.2) is 0 Å². The molecule has 2 N–H and O–H groups in total. The molecule has 5 nitrogen and oxygen atoms in total. The molecule has 2 aliphatic rings. The molecule has 0 aliphatic carbocycles. The fourth-order valence-corrected chi connectivity index (χ4v) is 3.42. The van der Waals surface area contributed by atoms with Gasteiger partial charge < -0.3 is 10.2 Å². The quantitative estimate of drug-likeness (QED) is 0.788. The topological polar surface area (TPSA) is 61.4 Å². The summed E-state index contributed by atoms with van der Waals surface area (Å²) in [6, 6.07) is 0.177. The van der Waals surface area contributed by atoms with E-state index < -0.39 is 0 Å². The highest BCUT2D eigenvalue weighted by Crippen LogP contribution is 2.15. The van der Waals surface area contributed by atoms with E-state index in [-0.39, 0.29) is 29.8 Å². The molecule has 0 aromatic rings. The first-order chi connectivity index (χ1) is 9.08. The van der Waals surface area contributed by atoms with Crippen LogP contribution >= 0.6 is 11.8 Å². The Labute approximate surface area is 118 Å². The second-order valence-electron chi connectivity index (χ2n) is 5.53. The third-order valence-corrected chi connectivity index (χ3v) is 4.62. The lowest BCUT2D eigenvalue weighted by Gasteiger charge is -2.33. The first-order valence-electron chi connectivity index (χ1n) is 6.98. The van der Waals surface area contributed by atoms with E-state index in [9.17, 15) is 9.59 Å². The van der Waals surface area contributed by atoms with Gasteiger partial charge in [-0.1, -0.05) is 13.8 Å². The van der Waals surface area contributed by atoms with Gasteiger partial charge in [-0.25, -0.2) is 0 Å². The summed E-state index contributed by atoms with van der Waals surface area (Å²) >= 11 is 1.76. The van der Waals surface area contributed by atoms with Gasteiger partial charge in [-0.05, 0) is 12.8 Å². The smallest absolute Gasteiger partial charge is 0.238 e. The van der Waals surface area contributed by atoms with E-state index in [1.54, 1.807) is 11.8 Å². The maximum atomic E-state index is 12.0. The molecular formula is C13H23N3O2S. The van der Waals surface area contributed by atoms with Crippen LogP contribution in [-0.4, -0.2) is 53.5 Å². The summed E-state index contributed by atoms with van der Waals surface area (Å²) in [5.74, 6) is 2.11. The molecule has 0 spiro atoms. The van der Waals surface area contributed by atoms with Gasteiger partial charge in [-0.3, -0.25) is 14.9 Å². The Hall–Kier alpha value is -0.750. The molecular weight excluding hydrogens is 262 g/mol.